The summed E-state index contributed by atoms with van der Waals surface area (Å²) in [7, 11) is 3.24. The summed E-state index contributed by atoms with van der Waals surface area (Å²) >= 11 is 6.15. The number of rotatable bonds is 6. The van der Waals surface area contributed by atoms with Crippen LogP contribution in [0.2, 0.25) is 5.02 Å². The molecule has 0 saturated carbocycles. The summed E-state index contributed by atoms with van der Waals surface area (Å²) in [6.07, 6.45) is 1.72. The molecule has 0 atom stereocenters. The smallest absolute Gasteiger partial charge is 0.170 e. The number of methoxy groups -OCH3 is 2. The molecule has 0 amide bonds. The van der Waals surface area contributed by atoms with Crippen molar-refractivity contribution < 1.29 is 19.3 Å². The number of phenolic OH excluding ortho intramolecular Hbond substituents is 1. The Labute approximate surface area is 172 Å². The molecule has 4 aromatic rings. The molecule has 0 aliphatic rings. The van der Waals surface area contributed by atoms with Crippen molar-refractivity contribution >= 4 is 33.4 Å². The van der Waals surface area contributed by atoms with Gasteiger partial charge in [-0.15, -0.1) is 0 Å². The van der Waals surface area contributed by atoms with Gasteiger partial charge in [-0.1, -0.05) is 11.6 Å². The molecule has 0 spiro atoms. The quantitative estimate of drug-likeness (QED) is 0.453. The van der Waals surface area contributed by atoms with Gasteiger partial charge in [-0.05, 0) is 36.8 Å². The van der Waals surface area contributed by atoms with E-state index in [1.807, 2.05) is 13.0 Å². The normalized spacial score (nSPS) is 11.3. The maximum atomic E-state index is 9.80. The molecule has 2 aromatic carbocycles. The summed E-state index contributed by atoms with van der Waals surface area (Å²) in [6.45, 7) is 2.76. The lowest BCUT2D eigenvalue weighted by atomic mass is 9.98. The molecule has 2 heterocycles. The molecule has 0 aliphatic carbocycles. The molecule has 4 rings (SSSR count). The number of H-pyrrole nitrogens is 1. The van der Waals surface area contributed by atoms with Crippen LogP contribution in [0.1, 0.15) is 5.56 Å². The van der Waals surface area contributed by atoms with Crippen LogP contribution in [-0.2, 0) is 4.74 Å². The molecular formula is C21H20ClN3O4. The molecule has 0 aliphatic heterocycles. The Morgan fingerprint density at radius 1 is 1.10 bits per heavy atom. The molecule has 2 aromatic heterocycles. The van der Waals surface area contributed by atoms with Crippen LogP contribution in [-0.4, -0.2) is 47.7 Å². The van der Waals surface area contributed by atoms with Crippen LogP contribution >= 0.6 is 11.6 Å². The van der Waals surface area contributed by atoms with Crippen LogP contribution in [0, 0.1) is 6.92 Å². The minimum absolute atomic E-state index is 0.0174. The zero-order valence-electron chi connectivity index (χ0n) is 16.2. The lowest BCUT2D eigenvalue weighted by molar-refractivity contribution is 0.145. The first-order chi connectivity index (χ1) is 14.0. The fraction of sp³-hybridized carbons (Fsp3) is 0.238. The standard InChI is InChI=1S/C21H20ClN3O4/c1-11-8-13-17(20(19(11)28-3)29-7-6-27-2)14-10-23-25-21(14)24-18(13)12-4-5-16(26)15(22)9-12/h4-5,8-10,26H,6-7H2,1-3H3,(H,23,24,25). The maximum Gasteiger partial charge on any atom is 0.170 e. The van der Waals surface area contributed by atoms with E-state index in [1.54, 1.807) is 38.6 Å². The van der Waals surface area contributed by atoms with Crippen molar-refractivity contribution in [2.45, 2.75) is 6.92 Å². The van der Waals surface area contributed by atoms with Gasteiger partial charge in [0.05, 0.1) is 36.0 Å². The number of aryl methyl sites for hydroxylation is 1. The van der Waals surface area contributed by atoms with Gasteiger partial charge in [0.25, 0.3) is 0 Å². The summed E-state index contributed by atoms with van der Waals surface area (Å²) in [5, 5.41) is 19.7. The molecule has 150 valence electrons. The fourth-order valence-corrected chi connectivity index (χ4v) is 3.62. The van der Waals surface area contributed by atoms with Crippen LogP contribution in [0.15, 0.2) is 30.5 Å². The van der Waals surface area contributed by atoms with E-state index in [4.69, 9.17) is 30.8 Å². The van der Waals surface area contributed by atoms with E-state index in [2.05, 4.69) is 10.2 Å². The van der Waals surface area contributed by atoms with E-state index < -0.39 is 0 Å². The Bertz CT molecular complexity index is 1210. The zero-order valence-corrected chi connectivity index (χ0v) is 17.0. The van der Waals surface area contributed by atoms with Crippen LogP contribution in [0.25, 0.3) is 33.1 Å². The Kier molecular flexibility index (Phi) is 5.17. The number of nitrogens with zero attached hydrogens (tertiary/aromatic N) is 2. The largest absolute Gasteiger partial charge is 0.506 e. The van der Waals surface area contributed by atoms with E-state index in [0.717, 1.165) is 27.3 Å². The SMILES string of the molecule is COCCOc1c(OC)c(C)cc2c(-c3ccc(O)c(Cl)c3)nc3[nH]ncc3c12. The molecule has 0 saturated heterocycles. The number of ether oxygens (including phenoxy) is 3. The fourth-order valence-electron chi connectivity index (χ4n) is 3.44. The minimum atomic E-state index is 0.0174. The highest BCUT2D eigenvalue weighted by molar-refractivity contribution is 6.32. The number of aromatic amines is 1. The number of fused-ring (bicyclic) bond motifs is 3. The van der Waals surface area contributed by atoms with Crippen LogP contribution in [0.3, 0.4) is 0 Å². The highest BCUT2D eigenvalue weighted by Gasteiger charge is 2.21. The van der Waals surface area contributed by atoms with Crippen molar-refractivity contribution in [2.24, 2.45) is 0 Å². The maximum absolute atomic E-state index is 9.80. The number of nitrogens with one attached hydrogen (secondary N) is 1. The van der Waals surface area contributed by atoms with Crippen LogP contribution in [0.4, 0.5) is 0 Å². The molecule has 2 N–H and O–H groups in total. The van der Waals surface area contributed by atoms with Gasteiger partial charge in [-0.3, -0.25) is 5.10 Å². The number of halogens is 1. The van der Waals surface area contributed by atoms with Gasteiger partial charge < -0.3 is 19.3 Å². The molecular weight excluding hydrogens is 394 g/mol. The van der Waals surface area contributed by atoms with Gasteiger partial charge >= 0.3 is 0 Å². The number of pyridine rings is 1. The lowest BCUT2D eigenvalue weighted by Crippen LogP contribution is -2.07. The number of hydrogen-bond acceptors (Lipinski definition) is 6. The summed E-state index contributed by atoms with van der Waals surface area (Å²) in [4.78, 5) is 4.76. The zero-order chi connectivity index (χ0) is 20.5. The lowest BCUT2D eigenvalue weighted by Gasteiger charge is -2.18. The third-order valence-corrected chi connectivity index (χ3v) is 5.05. The van der Waals surface area contributed by atoms with Crippen LogP contribution < -0.4 is 9.47 Å². The Morgan fingerprint density at radius 2 is 1.93 bits per heavy atom. The van der Waals surface area contributed by atoms with E-state index >= 15 is 0 Å². The van der Waals surface area contributed by atoms with Gasteiger partial charge in [0.1, 0.15) is 12.4 Å². The predicted octanol–water partition coefficient (Wildman–Crippen LogP) is 4.48. The van der Waals surface area contributed by atoms with Gasteiger partial charge in [0.15, 0.2) is 17.1 Å². The van der Waals surface area contributed by atoms with Crippen molar-refractivity contribution in [3.63, 3.8) is 0 Å². The first-order valence-corrected chi connectivity index (χ1v) is 9.38. The van der Waals surface area contributed by atoms with Gasteiger partial charge in [-0.25, -0.2) is 4.98 Å². The Balaban J connectivity index is 2.08. The summed E-state index contributed by atoms with van der Waals surface area (Å²) in [6, 6.07) is 7.02. The molecule has 0 radical (unpaired) electrons. The first-order valence-electron chi connectivity index (χ1n) is 9.00. The van der Waals surface area contributed by atoms with Crippen molar-refractivity contribution in [1.29, 1.82) is 0 Å². The molecule has 0 fully saturated rings. The van der Waals surface area contributed by atoms with Crippen molar-refractivity contribution in [1.82, 2.24) is 15.2 Å². The van der Waals surface area contributed by atoms with Gasteiger partial charge in [-0.2, -0.15) is 5.10 Å². The average Bonchev–Trinajstić information content (AvgIpc) is 3.18. The minimum Gasteiger partial charge on any atom is -0.506 e. The third kappa shape index (κ3) is 3.32. The number of benzene rings is 2. The Hall–Kier alpha value is -3.03. The molecule has 0 unspecified atom stereocenters. The second kappa shape index (κ2) is 7.77. The number of aromatic nitrogens is 3. The molecule has 0 bridgehead atoms. The number of hydrogen-bond donors (Lipinski definition) is 2. The summed E-state index contributed by atoms with van der Waals surface area (Å²) in [5.41, 5.74) is 2.98. The van der Waals surface area contributed by atoms with Crippen LogP contribution in [0.5, 0.6) is 17.2 Å². The second-order valence-corrected chi connectivity index (χ2v) is 6.99. The van der Waals surface area contributed by atoms with Crippen molar-refractivity contribution in [2.75, 3.05) is 27.4 Å². The summed E-state index contributed by atoms with van der Waals surface area (Å²) < 4.78 is 16.9. The van der Waals surface area contributed by atoms with E-state index in [0.29, 0.717) is 36.1 Å². The predicted molar refractivity (Wildman–Crippen MR) is 112 cm³/mol. The highest BCUT2D eigenvalue weighted by Crippen LogP contribution is 2.45. The monoisotopic (exact) mass is 413 g/mol. The number of aromatic hydroxyl groups is 1. The van der Waals surface area contributed by atoms with E-state index in [9.17, 15) is 5.11 Å². The summed E-state index contributed by atoms with van der Waals surface area (Å²) in [5.74, 6) is 1.28. The topological polar surface area (TPSA) is 89.5 Å². The van der Waals surface area contributed by atoms with Crippen molar-refractivity contribution in [3.8, 4) is 28.5 Å². The molecule has 8 heteroatoms. The van der Waals surface area contributed by atoms with Crippen molar-refractivity contribution in [3.05, 3.63) is 41.0 Å². The number of phenols is 1. The first kappa shape index (κ1) is 19.3. The van der Waals surface area contributed by atoms with E-state index in [1.165, 1.54) is 0 Å². The van der Waals surface area contributed by atoms with Gasteiger partial charge in [0, 0.05) is 23.4 Å². The van der Waals surface area contributed by atoms with Gasteiger partial charge in [0.2, 0.25) is 0 Å². The highest BCUT2D eigenvalue weighted by atomic mass is 35.5. The molecule has 29 heavy (non-hydrogen) atoms. The van der Waals surface area contributed by atoms with E-state index in [-0.39, 0.29) is 10.8 Å². The second-order valence-electron chi connectivity index (χ2n) is 6.58. The Morgan fingerprint density at radius 3 is 2.66 bits per heavy atom. The molecule has 7 nitrogen and oxygen atoms in total. The third-order valence-electron chi connectivity index (χ3n) is 4.75. The average molecular weight is 414 g/mol.